The largest absolute Gasteiger partial charge is 0.505 e. The molecule has 0 aromatic heterocycles. The summed E-state index contributed by atoms with van der Waals surface area (Å²) in [5.74, 6) is -3.29. The zero-order valence-electron chi connectivity index (χ0n) is 16.9. The second-order valence-corrected chi connectivity index (χ2v) is 7.41. The Bertz CT molecular complexity index is 1180. The maximum Gasteiger partial charge on any atom is 0.355 e. The average Bonchev–Trinajstić information content (AvgIpc) is 2.80. The number of anilines is 1. The molecule has 0 bridgehead atoms. The zero-order valence-corrected chi connectivity index (χ0v) is 18.4. The summed E-state index contributed by atoms with van der Waals surface area (Å²) in [5.41, 5.74) is 6.58. The van der Waals surface area contributed by atoms with E-state index in [4.69, 9.17) is 38.4 Å². The fraction of sp³-hybridized carbons (Fsp3) is 0.136. The monoisotopic (exact) mass is 473 g/mol. The summed E-state index contributed by atoms with van der Waals surface area (Å²) in [6.07, 6.45) is 0. The summed E-state index contributed by atoms with van der Waals surface area (Å²) in [4.78, 5) is 27.0. The number of esters is 2. The molecule has 0 saturated carbocycles. The van der Waals surface area contributed by atoms with E-state index < -0.39 is 17.9 Å². The highest BCUT2D eigenvalue weighted by molar-refractivity contribution is 6.37. The van der Waals surface area contributed by atoms with Gasteiger partial charge in [-0.25, -0.2) is 9.59 Å². The predicted octanol–water partition coefficient (Wildman–Crippen LogP) is 3.60. The van der Waals surface area contributed by atoms with Crippen LogP contribution in [0.5, 0.6) is 5.75 Å². The lowest BCUT2D eigenvalue weighted by molar-refractivity contribution is -0.139. The molecule has 164 valence electrons. The Hall–Kier alpha value is -3.67. The molecule has 0 amide bonds. The molecule has 1 aliphatic rings. The number of rotatable bonds is 4. The van der Waals surface area contributed by atoms with Crippen molar-refractivity contribution in [3.8, 4) is 11.8 Å². The summed E-state index contributed by atoms with van der Waals surface area (Å²) < 4.78 is 9.88. The van der Waals surface area contributed by atoms with Crippen molar-refractivity contribution in [2.75, 3.05) is 19.1 Å². The smallest absolute Gasteiger partial charge is 0.355 e. The van der Waals surface area contributed by atoms with E-state index >= 15 is 0 Å². The van der Waals surface area contributed by atoms with Crippen molar-refractivity contribution >= 4 is 40.8 Å². The molecule has 32 heavy (non-hydrogen) atoms. The number of nitrogens with two attached hydrogens (primary N) is 1. The molecule has 1 unspecified atom stereocenters. The van der Waals surface area contributed by atoms with Gasteiger partial charge in [-0.1, -0.05) is 53.5 Å². The van der Waals surface area contributed by atoms with Crippen molar-refractivity contribution in [2.24, 2.45) is 5.73 Å². The molecule has 0 radical (unpaired) electrons. The lowest BCUT2D eigenvalue weighted by Crippen LogP contribution is -2.40. The second-order valence-electron chi connectivity index (χ2n) is 6.59. The third-order valence-electron chi connectivity index (χ3n) is 4.87. The highest BCUT2D eigenvalue weighted by Gasteiger charge is 2.43. The second kappa shape index (κ2) is 9.22. The number of ether oxygens (including phenoxy) is 2. The highest BCUT2D eigenvalue weighted by Crippen LogP contribution is 2.45. The van der Waals surface area contributed by atoms with Crippen molar-refractivity contribution < 1.29 is 24.2 Å². The summed E-state index contributed by atoms with van der Waals surface area (Å²) in [6, 6.07) is 13.2. The van der Waals surface area contributed by atoms with Crippen LogP contribution >= 0.6 is 23.2 Å². The molecule has 0 spiro atoms. The van der Waals surface area contributed by atoms with E-state index in [1.54, 1.807) is 30.3 Å². The quantitative estimate of drug-likeness (QED) is 0.644. The van der Waals surface area contributed by atoms with Crippen LogP contribution in [0.15, 0.2) is 65.1 Å². The van der Waals surface area contributed by atoms with Crippen molar-refractivity contribution in [1.29, 1.82) is 5.26 Å². The number of nitriles is 1. The van der Waals surface area contributed by atoms with Gasteiger partial charge in [-0.15, -0.1) is 0 Å². The molecule has 2 aromatic carbocycles. The van der Waals surface area contributed by atoms with Crippen LogP contribution in [-0.4, -0.2) is 31.3 Å². The zero-order chi connectivity index (χ0) is 23.6. The van der Waals surface area contributed by atoms with E-state index in [2.05, 4.69) is 0 Å². The molecule has 1 atom stereocenters. The predicted molar refractivity (Wildman–Crippen MR) is 118 cm³/mol. The molecule has 3 N–H and O–H groups in total. The Morgan fingerprint density at radius 1 is 1.09 bits per heavy atom. The minimum atomic E-state index is -0.998. The van der Waals surface area contributed by atoms with Crippen molar-refractivity contribution in [3.63, 3.8) is 0 Å². The summed E-state index contributed by atoms with van der Waals surface area (Å²) in [6.45, 7) is 0. The van der Waals surface area contributed by atoms with E-state index in [-0.39, 0.29) is 44.1 Å². The number of allylic oxidation sites excluding steroid dienone is 1. The average molecular weight is 474 g/mol. The van der Waals surface area contributed by atoms with Gasteiger partial charge in [-0.05, 0) is 17.7 Å². The van der Waals surface area contributed by atoms with Crippen LogP contribution in [-0.2, 0) is 19.1 Å². The van der Waals surface area contributed by atoms with E-state index in [0.29, 0.717) is 5.56 Å². The van der Waals surface area contributed by atoms with Gasteiger partial charge < -0.3 is 20.3 Å². The van der Waals surface area contributed by atoms with Gasteiger partial charge in [-0.2, -0.15) is 5.26 Å². The van der Waals surface area contributed by atoms with Crippen molar-refractivity contribution in [1.82, 2.24) is 0 Å². The number of nitrogens with zero attached hydrogens (tertiary/aromatic N) is 2. The van der Waals surface area contributed by atoms with Gasteiger partial charge in [0, 0.05) is 0 Å². The molecule has 8 nitrogen and oxygen atoms in total. The minimum Gasteiger partial charge on any atom is -0.505 e. The fourth-order valence-electron chi connectivity index (χ4n) is 3.46. The molecule has 0 fully saturated rings. The highest BCUT2D eigenvalue weighted by atomic mass is 35.5. The van der Waals surface area contributed by atoms with Gasteiger partial charge in [-0.3, -0.25) is 4.90 Å². The first-order valence-corrected chi connectivity index (χ1v) is 9.86. The van der Waals surface area contributed by atoms with Gasteiger partial charge in [0.05, 0.1) is 53.1 Å². The Kier molecular flexibility index (Phi) is 6.63. The van der Waals surface area contributed by atoms with Crippen LogP contribution in [0.2, 0.25) is 10.0 Å². The van der Waals surface area contributed by atoms with Gasteiger partial charge in [0.25, 0.3) is 0 Å². The van der Waals surface area contributed by atoms with Crippen LogP contribution < -0.4 is 10.6 Å². The van der Waals surface area contributed by atoms with Crippen molar-refractivity contribution in [2.45, 2.75) is 5.92 Å². The van der Waals surface area contributed by atoms with Gasteiger partial charge in [0.15, 0.2) is 5.75 Å². The number of hydrogen-bond donors (Lipinski definition) is 2. The van der Waals surface area contributed by atoms with Gasteiger partial charge in [0.1, 0.15) is 11.5 Å². The lowest BCUT2D eigenvalue weighted by atomic mass is 9.81. The molecule has 10 heteroatoms. The first kappa shape index (κ1) is 23.0. The van der Waals surface area contributed by atoms with Crippen LogP contribution in [0.1, 0.15) is 11.5 Å². The molecule has 2 aromatic rings. The number of methoxy groups -OCH3 is 2. The maximum absolute atomic E-state index is 12.9. The van der Waals surface area contributed by atoms with Crippen LogP contribution in [0, 0.1) is 11.3 Å². The van der Waals surface area contributed by atoms with E-state index in [1.807, 2.05) is 6.07 Å². The maximum atomic E-state index is 12.9. The fourth-order valence-corrected chi connectivity index (χ4v) is 3.94. The van der Waals surface area contributed by atoms with Crippen LogP contribution in [0.4, 0.5) is 5.69 Å². The first-order valence-electron chi connectivity index (χ1n) is 9.10. The van der Waals surface area contributed by atoms with E-state index in [1.165, 1.54) is 12.1 Å². The van der Waals surface area contributed by atoms with Gasteiger partial charge in [0.2, 0.25) is 0 Å². The first-order chi connectivity index (χ1) is 15.3. The molecule has 1 heterocycles. The third kappa shape index (κ3) is 3.84. The Morgan fingerprint density at radius 2 is 1.66 bits per heavy atom. The Morgan fingerprint density at radius 3 is 2.16 bits per heavy atom. The Balaban J connectivity index is 2.44. The van der Waals surface area contributed by atoms with Crippen LogP contribution in [0.3, 0.4) is 0 Å². The number of hydrogen-bond acceptors (Lipinski definition) is 8. The number of carbonyl (C=O) groups is 2. The van der Waals surface area contributed by atoms with Crippen molar-refractivity contribution in [3.05, 3.63) is 80.7 Å². The molecule has 1 aliphatic heterocycles. The number of aromatic hydroxyl groups is 1. The number of benzene rings is 2. The summed E-state index contributed by atoms with van der Waals surface area (Å²) in [5, 5.41) is 19.6. The Labute approximate surface area is 193 Å². The topological polar surface area (TPSA) is 126 Å². The van der Waals surface area contributed by atoms with E-state index in [0.717, 1.165) is 19.1 Å². The van der Waals surface area contributed by atoms with Crippen LogP contribution in [0.25, 0.3) is 0 Å². The lowest BCUT2D eigenvalue weighted by Gasteiger charge is -2.36. The number of carbonyl (C=O) groups excluding carboxylic acids is 2. The number of halogens is 2. The molecular weight excluding hydrogens is 457 g/mol. The molecule has 0 saturated heterocycles. The van der Waals surface area contributed by atoms with Gasteiger partial charge >= 0.3 is 11.9 Å². The number of phenols is 1. The van der Waals surface area contributed by atoms with E-state index in [9.17, 15) is 20.0 Å². The SMILES string of the molecule is COC(=O)C1=C(C(=O)OC)N(c2cc(Cl)c(O)c(Cl)c2)C(N)=C(C#N)C1c1ccccc1. The third-order valence-corrected chi connectivity index (χ3v) is 5.45. The summed E-state index contributed by atoms with van der Waals surface area (Å²) >= 11 is 12.1. The normalized spacial score (nSPS) is 16.0. The molecule has 0 aliphatic carbocycles. The summed E-state index contributed by atoms with van der Waals surface area (Å²) in [7, 11) is 2.29. The standard InChI is InChI=1S/C22H17Cl2N3O5/c1-31-21(29)17-16(11-6-4-3-5-7-11)13(10-25)20(26)27(18(17)22(30)32-2)12-8-14(23)19(28)15(24)9-12/h3-9,16,28H,26H2,1-2H3. The number of phenolic OH excluding ortho intramolecular Hbond substituents is 1. The molecule has 3 rings (SSSR count). The minimum absolute atomic E-state index is 0.00965. The molecular formula is C22H17Cl2N3O5.